The molecule has 0 spiro atoms. The third kappa shape index (κ3) is 3.18. The van der Waals surface area contributed by atoms with Crippen molar-refractivity contribution in [3.63, 3.8) is 0 Å². The molecule has 0 aliphatic carbocycles. The van der Waals surface area contributed by atoms with Gasteiger partial charge in [0.1, 0.15) is 0 Å². The van der Waals surface area contributed by atoms with Crippen LogP contribution in [-0.2, 0) is 14.8 Å². The van der Waals surface area contributed by atoms with Crippen molar-refractivity contribution in [2.45, 2.75) is 37.2 Å². The molecule has 0 amide bonds. The molecular formula is C20H21NO4S. The van der Waals surface area contributed by atoms with E-state index in [9.17, 15) is 18.3 Å². The van der Waals surface area contributed by atoms with Crippen LogP contribution in [0.4, 0.5) is 0 Å². The summed E-state index contributed by atoms with van der Waals surface area (Å²) in [7, 11) is -3.86. The van der Waals surface area contributed by atoms with Crippen LogP contribution in [-0.4, -0.2) is 29.8 Å². The topological polar surface area (TPSA) is 74.7 Å². The molecule has 0 aromatic heterocycles. The van der Waals surface area contributed by atoms with Gasteiger partial charge in [0.25, 0.3) is 0 Å². The van der Waals surface area contributed by atoms with E-state index in [0.717, 1.165) is 5.56 Å². The average Bonchev–Trinajstić information content (AvgIpc) is 3.04. The first-order valence-corrected chi connectivity index (χ1v) is 9.90. The second-order valence-electron chi connectivity index (χ2n) is 6.36. The summed E-state index contributed by atoms with van der Waals surface area (Å²) < 4.78 is 28.0. The molecule has 26 heavy (non-hydrogen) atoms. The maximum Gasteiger partial charge on any atom is 0.333 e. The maximum absolute atomic E-state index is 13.3. The van der Waals surface area contributed by atoms with E-state index in [-0.39, 0.29) is 10.5 Å². The number of hydrogen-bond acceptors (Lipinski definition) is 3. The van der Waals surface area contributed by atoms with Crippen LogP contribution in [0.1, 0.15) is 30.5 Å². The molecule has 1 heterocycles. The Hall–Kier alpha value is -2.44. The SMILES string of the molecule is CC[C@H]1C=C(C(=O)O)[C@@H](c2ccc(C)cc2)N1S(=O)(=O)c1ccccc1. The minimum absolute atomic E-state index is 0.0974. The highest BCUT2D eigenvalue weighted by Gasteiger charge is 2.45. The van der Waals surface area contributed by atoms with Crippen molar-refractivity contribution < 1.29 is 18.3 Å². The Bertz CT molecular complexity index is 934. The monoisotopic (exact) mass is 371 g/mol. The third-order valence-electron chi connectivity index (χ3n) is 4.62. The van der Waals surface area contributed by atoms with Crippen LogP contribution < -0.4 is 0 Å². The molecule has 1 N–H and O–H groups in total. The van der Waals surface area contributed by atoms with Crippen LogP contribution in [0.15, 0.2) is 71.1 Å². The van der Waals surface area contributed by atoms with Gasteiger partial charge in [-0.2, -0.15) is 4.31 Å². The lowest BCUT2D eigenvalue weighted by Gasteiger charge is -2.30. The van der Waals surface area contributed by atoms with Crippen LogP contribution >= 0.6 is 0 Å². The Morgan fingerprint density at radius 2 is 1.69 bits per heavy atom. The van der Waals surface area contributed by atoms with E-state index in [1.54, 1.807) is 36.4 Å². The number of aryl methyl sites for hydroxylation is 1. The lowest BCUT2D eigenvalue weighted by atomic mass is 10.00. The number of carbonyl (C=O) groups is 1. The highest BCUT2D eigenvalue weighted by atomic mass is 32.2. The summed E-state index contributed by atoms with van der Waals surface area (Å²) in [4.78, 5) is 12.0. The van der Waals surface area contributed by atoms with E-state index in [1.165, 1.54) is 16.4 Å². The quantitative estimate of drug-likeness (QED) is 0.872. The third-order valence-corrected chi connectivity index (χ3v) is 6.53. The van der Waals surface area contributed by atoms with Crippen LogP contribution in [0.5, 0.6) is 0 Å². The molecule has 136 valence electrons. The molecule has 3 rings (SSSR count). The number of hydrogen-bond donors (Lipinski definition) is 1. The van der Waals surface area contributed by atoms with Gasteiger partial charge in [0.05, 0.1) is 16.5 Å². The fourth-order valence-corrected chi connectivity index (χ4v) is 5.12. The first kappa shape index (κ1) is 18.4. The van der Waals surface area contributed by atoms with E-state index in [2.05, 4.69) is 0 Å². The van der Waals surface area contributed by atoms with Gasteiger partial charge in [0, 0.05) is 6.04 Å². The largest absolute Gasteiger partial charge is 0.478 e. The summed E-state index contributed by atoms with van der Waals surface area (Å²) in [5, 5.41) is 9.68. The van der Waals surface area contributed by atoms with E-state index < -0.39 is 28.1 Å². The normalized spacial score (nSPS) is 20.8. The number of nitrogens with zero attached hydrogens (tertiary/aromatic N) is 1. The van der Waals surface area contributed by atoms with Crippen LogP contribution in [0.2, 0.25) is 0 Å². The summed E-state index contributed by atoms with van der Waals surface area (Å²) in [6, 6.07) is 14.1. The van der Waals surface area contributed by atoms with Gasteiger partial charge in [-0.1, -0.05) is 61.0 Å². The number of aliphatic carboxylic acids is 1. The smallest absolute Gasteiger partial charge is 0.333 e. The summed E-state index contributed by atoms with van der Waals surface area (Å²) in [5.41, 5.74) is 1.78. The predicted octanol–water partition coefficient (Wildman–Crippen LogP) is 3.53. The van der Waals surface area contributed by atoms with Gasteiger partial charge in [-0.05, 0) is 31.0 Å². The molecule has 0 saturated carbocycles. The van der Waals surface area contributed by atoms with Gasteiger partial charge in [-0.25, -0.2) is 13.2 Å². The molecular weight excluding hydrogens is 350 g/mol. The molecule has 1 aliphatic rings. The van der Waals surface area contributed by atoms with Gasteiger partial charge in [0.15, 0.2) is 0 Å². The standard InChI is InChI=1S/C20H21NO4S/c1-3-16-13-18(20(22)23)19(15-11-9-14(2)10-12-15)21(16)26(24,25)17-7-5-4-6-8-17/h4-13,16,19H,3H2,1-2H3,(H,22,23)/t16-,19+/m0/s1. The molecule has 0 radical (unpaired) electrons. The van der Waals surface area contributed by atoms with Crippen LogP contribution in [0, 0.1) is 6.92 Å². The minimum atomic E-state index is -3.86. The predicted molar refractivity (Wildman–Crippen MR) is 99.2 cm³/mol. The zero-order valence-electron chi connectivity index (χ0n) is 14.7. The Morgan fingerprint density at radius 3 is 2.23 bits per heavy atom. The number of rotatable bonds is 5. The van der Waals surface area contributed by atoms with Crippen molar-refractivity contribution in [1.82, 2.24) is 4.31 Å². The molecule has 5 nitrogen and oxygen atoms in total. The van der Waals surface area contributed by atoms with Crippen molar-refractivity contribution in [3.05, 3.63) is 77.4 Å². The second-order valence-corrected chi connectivity index (χ2v) is 8.21. The van der Waals surface area contributed by atoms with E-state index in [0.29, 0.717) is 12.0 Å². The number of benzene rings is 2. The lowest BCUT2D eigenvalue weighted by Crippen LogP contribution is -2.38. The first-order valence-electron chi connectivity index (χ1n) is 8.46. The van der Waals surface area contributed by atoms with Crippen molar-refractivity contribution in [2.75, 3.05) is 0 Å². The van der Waals surface area contributed by atoms with Crippen LogP contribution in [0.25, 0.3) is 0 Å². The summed E-state index contributed by atoms with van der Waals surface area (Å²) in [6.45, 7) is 3.78. The lowest BCUT2D eigenvalue weighted by molar-refractivity contribution is -0.133. The number of sulfonamides is 1. The van der Waals surface area contributed by atoms with Gasteiger partial charge in [0.2, 0.25) is 10.0 Å². The number of carboxylic acids is 1. The summed E-state index contributed by atoms with van der Waals surface area (Å²) >= 11 is 0. The molecule has 0 bridgehead atoms. The van der Waals surface area contributed by atoms with Crippen molar-refractivity contribution in [2.24, 2.45) is 0 Å². The maximum atomic E-state index is 13.3. The van der Waals surface area contributed by atoms with Gasteiger partial charge in [-0.15, -0.1) is 0 Å². The zero-order chi connectivity index (χ0) is 18.9. The highest BCUT2D eigenvalue weighted by Crippen LogP contribution is 2.41. The summed E-state index contributed by atoms with van der Waals surface area (Å²) in [6.07, 6.45) is 2.05. The average molecular weight is 371 g/mol. The molecule has 1 aliphatic heterocycles. The van der Waals surface area contributed by atoms with E-state index in [1.807, 2.05) is 26.0 Å². The Kier molecular flexibility index (Phi) is 4.98. The van der Waals surface area contributed by atoms with Gasteiger partial charge < -0.3 is 5.11 Å². The zero-order valence-corrected chi connectivity index (χ0v) is 15.5. The van der Waals surface area contributed by atoms with Gasteiger partial charge in [-0.3, -0.25) is 0 Å². The molecule has 6 heteroatoms. The fourth-order valence-electron chi connectivity index (χ4n) is 3.29. The molecule has 0 saturated heterocycles. The van der Waals surface area contributed by atoms with Crippen molar-refractivity contribution in [1.29, 1.82) is 0 Å². The van der Waals surface area contributed by atoms with Crippen molar-refractivity contribution >= 4 is 16.0 Å². The van der Waals surface area contributed by atoms with Crippen molar-refractivity contribution in [3.8, 4) is 0 Å². The molecule has 0 fully saturated rings. The van der Waals surface area contributed by atoms with Gasteiger partial charge >= 0.3 is 5.97 Å². The Morgan fingerprint density at radius 1 is 1.08 bits per heavy atom. The van der Waals surface area contributed by atoms with E-state index in [4.69, 9.17) is 0 Å². The summed E-state index contributed by atoms with van der Waals surface area (Å²) in [5.74, 6) is -1.10. The molecule has 0 unspecified atom stereocenters. The Balaban J connectivity index is 2.17. The van der Waals surface area contributed by atoms with E-state index >= 15 is 0 Å². The number of carboxylic acid groups (broad SMARTS) is 1. The Labute approximate surface area is 153 Å². The first-order chi connectivity index (χ1) is 12.4. The fraction of sp³-hybridized carbons (Fsp3) is 0.250. The van der Waals surface area contributed by atoms with Crippen LogP contribution in [0.3, 0.4) is 0 Å². The minimum Gasteiger partial charge on any atom is -0.478 e. The molecule has 2 atom stereocenters. The molecule has 2 aromatic carbocycles. The molecule has 2 aromatic rings. The highest BCUT2D eigenvalue weighted by molar-refractivity contribution is 7.89. The second kappa shape index (κ2) is 7.05.